The fourth-order valence-corrected chi connectivity index (χ4v) is 11.1. The quantitative estimate of drug-likeness (QED) is 0.270. The molecule has 0 aromatic carbocycles. The van der Waals surface area contributed by atoms with Gasteiger partial charge in [-0.15, -0.1) is 0 Å². The van der Waals surface area contributed by atoms with Crippen LogP contribution in [0.15, 0.2) is 12.2 Å². The number of fused-ring (bicyclic) bond motifs is 7. The molecule has 5 aliphatic carbocycles. The summed E-state index contributed by atoms with van der Waals surface area (Å²) < 4.78 is 0. The lowest BCUT2D eigenvalue weighted by Crippen LogP contribution is -2.67. The Bertz CT molecular complexity index is 931. The molecule has 182 valence electrons. The summed E-state index contributed by atoms with van der Waals surface area (Å²) in [6, 6.07) is 0. The molecule has 33 heavy (non-hydrogen) atoms. The molecule has 0 radical (unpaired) electrons. The second kappa shape index (κ2) is 6.91. The summed E-state index contributed by atoms with van der Waals surface area (Å²) >= 11 is 0. The van der Waals surface area contributed by atoms with Crippen molar-refractivity contribution in [3.05, 3.63) is 12.2 Å². The van der Waals surface area contributed by atoms with Crippen molar-refractivity contribution < 1.29 is 14.4 Å². The van der Waals surface area contributed by atoms with Gasteiger partial charge in [0.05, 0.1) is 0 Å². The Balaban J connectivity index is 1.58. The molecule has 5 rings (SSSR count). The van der Waals surface area contributed by atoms with E-state index in [1.165, 1.54) is 11.9 Å². The molecule has 5 fully saturated rings. The standard InChI is InChI=1S/C30H44O3/c1-18(2)19-10-13-30(17-31)15-14-28(6)20(24(19)30)8-9-23-27(5)16-21(32)25(33)26(3,4)22(27)11-12-29(23,28)7/h17,19-20,22-24H,1,8-16H2,2-7H3/t19-,20+,22-,23+,24+,27-,28+,29+,30+/m0/s1. The fraction of sp³-hybridized carbons (Fsp3) is 0.833. The Labute approximate surface area is 200 Å². The molecular weight excluding hydrogens is 408 g/mol. The predicted octanol–water partition coefficient (Wildman–Crippen LogP) is 6.59. The van der Waals surface area contributed by atoms with Gasteiger partial charge in [-0.05, 0) is 104 Å². The van der Waals surface area contributed by atoms with Gasteiger partial charge in [0.1, 0.15) is 6.29 Å². The first-order chi connectivity index (χ1) is 15.3. The summed E-state index contributed by atoms with van der Waals surface area (Å²) in [6.07, 6.45) is 10.4. The summed E-state index contributed by atoms with van der Waals surface area (Å²) in [5.41, 5.74) is 0.724. The highest BCUT2D eigenvalue weighted by Crippen LogP contribution is 2.76. The third-order valence-corrected chi connectivity index (χ3v) is 12.9. The number of hydrogen-bond acceptors (Lipinski definition) is 3. The molecule has 0 spiro atoms. The van der Waals surface area contributed by atoms with Crippen LogP contribution in [0.4, 0.5) is 0 Å². The van der Waals surface area contributed by atoms with Crippen molar-refractivity contribution in [2.45, 2.75) is 99.3 Å². The van der Waals surface area contributed by atoms with E-state index in [4.69, 9.17) is 0 Å². The van der Waals surface area contributed by atoms with Crippen LogP contribution < -0.4 is 0 Å². The molecule has 3 nitrogen and oxygen atoms in total. The Morgan fingerprint density at radius 1 is 0.879 bits per heavy atom. The largest absolute Gasteiger partial charge is 0.303 e. The number of Topliss-reactive ketones (excluding diaryl/α,β-unsaturated/α-hetero) is 2. The van der Waals surface area contributed by atoms with E-state index < -0.39 is 5.41 Å². The smallest absolute Gasteiger partial charge is 0.204 e. The zero-order valence-corrected chi connectivity index (χ0v) is 21.8. The molecule has 0 saturated heterocycles. The van der Waals surface area contributed by atoms with Crippen LogP contribution >= 0.6 is 0 Å². The Kier molecular flexibility index (Phi) is 4.92. The minimum absolute atomic E-state index is 0.113. The van der Waals surface area contributed by atoms with Crippen molar-refractivity contribution in [3.63, 3.8) is 0 Å². The third-order valence-electron chi connectivity index (χ3n) is 12.9. The summed E-state index contributed by atoms with van der Waals surface area (Å²) in [7, 11) is 0. The molecule has 0 aromatic heterocycles. The number of carbonyl (C=O) groups excluding carboxylic acids is 3. The van der Waals surface area contributed by atoms with E-state index in [-0.39, 0.29) is 39.1 Å². The molecule has 0 aromatic rings. The fourth-order valence-electron chi connectivity index (χ4n) is 11.1. The second-order valence-electron chi connectivity index (χ2n) is 14.2. The molecule has 9 atom stereocenters. The van der Waals surface area contributed by atoms with Crippen molar-refractivity contribution in [1.82, 2.24) is 0 Å². The predicted molar refractivity (Wildman–Crippen MR) is 130 cm³/mol. The number of aldehydes is 1. The summed E-state index contributed by atoms with van der Waals surface area (Å²) in [5.74, 6) is 1.86. The van der Waals surface area contributed by atoms with Gasteiger partial charge in [0.2, 0.25) is 5.78 Å². The Hall–Kier alpha value is -1.25. The molecular formula is C30H44O3. The van der Waals surface area contributed by atoms with E-state index in [0.29, 0.717) is 30.1 Å². The van der Waals surface area contributed by atoms with E-state index in [1.54, 1.807) is 0 Å². The summed E-state index contributed by atoms with van der Waals surface area (Å²) in [5, 5.41) is 0. The molecule has 3 heteroatoms. The highest BCUT2D eigenvalue weighted by molar-refractivity contribution is 6.39. The molecule has 5 aliphatic rings. The second-order valence-corrected chi connectivity index (χ2v) is 14.2. The van der Waals surface area contributed by atoms with Gasteiger partial charge in [-0.3, -0.25) is 9.59 Å². The number of allylic oxidation sites excluding steroid dienone is 1. The van der Waals surface area contributed by atoms with Crippen molar-refractivity contribution in [2.75, 3.05) is 0 Å². The zero-order chi connectivity index (χ0) is 24.2. The highest BCUT2D eigenvalue weighted by Gasteiger charge is 2.71. The number of ketones is 2. The van der Waals surface area contributed by atoms with Gasteiger partial charge in [-0.25, -0.2) is 0 Å². The minimum Gasteiger partial charge on any atom is -0.303 e. The lowest BCUT2D eigenvalue weighted by molar-refractivity contribution is -0.229. The van der Waals surface area contributed by atoms with Crippen LogP contribution in [0, 0.1) is 56.7 Å². The van der Waals surface area contributed by atoms with E-state index in [2.05, 4.69) is 34.3 Å². The zero-order valence-electron chi connectivity index (χ0n) is 21.8. The van der Waals surface area contributed by atoms with Crippen LogP contribution in [-0.4, -0.2) is 17.9 Å². The van der Waals surface area contributed by atoms with E-state index in [0.717, 1.165) is 51.4 Å². The van der Waals surface area contributed by atoms with E-state index >= 15 is 0 Å². The van der Waals surface area contributed by atoms with Gasteiger partial charge < -0.3 is 4.79 Å². The van der Waals surface area contributed by atoms with Crippen LogP contribution in [-0.2, 0) is 14.4 Å². The molecule has 0 amide bonds. The topological polar surface area (TPSA) is 51.2 Å². The van der Waals surface area contributed by atoms with Crippen LogP contribution in [0.2, 0.25) is 0 Å². The van der Waals surface area contributed by atoms with Gasteiger partial charge in [-0.1, -0.05) is 46.8 Å². The average Bonchev–Trinajstić information content (AvgIpc) is 3.13. The molecule has 5 saturated carbocycles. The van der Waals surface area contributed by atoms with Crippen molar-refractivity contribution in [1.29, 1.82) is 0 Å². The highest BCUT2D eigenvalue weighted by atomic mass is 16.2. The maximum Gasteiger partial charge on any atom is 0.204 e. The van der Waals surface area contributed by atoms with Gasteiger partial charge in [0, 0.05) is 17.3 Å². The van der Waals surface area contributed by atoms with Crippen molar-refractivity contribution >= 4 is 17.9 Å². The van der Waals surface area contributed by atoms with Gasteiger partial charge in [-0.2, -0.15) is 0 Å². The normalized spacial score (nSPS) is 52.8. The first-order valence-corrected chi connectivity index (χ1v) is 13.5. The number of carbonyl (C=O) groups is 3. The van der Waals surface area contributed by atoms with Crippen molar-refractivity contribution in [2.24, 2.45) is 56.7 Å². The van der Waals surface area contributed by atoms with Gasteiger partial charge in [0.15, 0.2) is 5.78 Å². The third kappa shape index (κ3) is 2.66. The Morgan fingerprint density at radius 2 is 1.58 bits per heavy atom. The van der Waals surface area contributed by atoms with Crippen molar-refractivity contribution in [3.8, 4) is 0 Å². The average molecular weight is 453 g/mol. The number of rotatable bonds is 2. The lowest BCUT2D eigenvalue weighted by Gasteiger charge is -2.72. The minimum atomic E-state index is -0.557. The maximum absolute atomic E-state index is 13.0. The van der Waals surface area contributed by atoms with Crippen LogP contribution in [0.25, 0.3) is 0 Å². The molecule has 0 heterocycles. The van der Waals surface area contributed by atoms with Gasteiger partial charge >= 0.3 is 0 Å². The molecule has 0 N–H and O–H groups in total. The van der Waals surface area contributed by atoms with Crippen LogP contribution in [0.3, 0.4) is 0 Å². The van der Waals surface area contributed by atoms with Crippen LogP contribution in [0.1, 0.15) is 99.3 Å². The first-order valence-electron chi connectivity index (χ1n) is 13.5. The van der Waals surface area contributed by atoms with E-state index in [9.17, 15) is 14.4 Å². The van der Waals surface area contributed by atoms with E-state index in [1.807, 2.05) is 13.8 Å². The van der Waals surface area contributed by atoms with Crippen LogP contribution in [0.5, 0.6) is 0 Å². The summed E-state index contributed by atoms with van der Waals surface area (Å²) in [6.45, 7) is 18.0. The molecule has 0 unspecified atom stereocenters. The lowest BCUT2D eigenvalue weighted by atomic mass is 9.32. The monoisotopic (exact) mass is 452 g/mol. The molecule has 0 bridgehead atoms. The van der Waals surface area contributed by atoms with Gasteiger partial charge in [0.25, 0.3) is 0 Å². The number of hydrogen-bond donors (Lipinski definition) is 0. The first kappa shape index (κ1) is 23.5. The molecule has 0 aliphatic heterocycles. The Morgan fingerprint density at radius 3 is 2.21 bits per heavy atom. The SMILES string of the molecule is C=C(C)[C@@H]1CC[C@]2(C=O)CC[C@]3(C)[C@H](CC[C@@H]4[C@@]5(C)CC(=O)C(=O)C(C)(C)[C@@H]5CC[C@]43C)[C@@H]12. The maximum atomic E-state index is 13.0. The summed E-state index contributed by atoms with van der Waals surface area (Å²) in [4.78, 5) is 38.4.